The number of fused-ring (bicyclic) bond motifs is 2. The summed E-state index contributed by atoms with van der Waals surface area (Å²) in [5.74, 6) is 2.37. The minimum absolute atomic E-state index is 0.638. The predicted molar refractivity (Wildman–Crippen MR) is 200 cm³/mol. The summed E-state index contributed by atoms with van der Waals surface area (Å²) >= 11 is 0. The molecule has 4 nitrogen and oxygen atoms in total. The van der Waals surface area contributed by atoms with Crippen LogP contribution in [-0.4, -0.2) is 15.0 Å². The fraction of sp³-hybridized carbons (Fsp3) is 0.0217. The summed E-state index contributed by atoms with van der Waals surface area (Å²) < 4.78 is 6.57. The van der Waals surface area contributed by atoms with Crippen LogP contribution in [0.3, 0.4) is 0 Å². The highest BCUT2D eigenvalue weighted by atomic mass is 16.5. The van der Waals surface area contributed by atoms with E-state index in [1.165, 1.54) is 11.1 Å². The Morgan fingerprint density at radius 1 is 0.400 bits per heavy atom. The van der Waals surface area contributed by atoms with Gasteiger partial charge in [0.15, 0.2) is 5.82 Å². The molecule has 236 valence electrons. The van der Waals surface area contributed by atoms with Crippen molar-refractivity contribution in [2.45, 2.75) is 5.41 Å². The highest BCUT2D eigenvalue weighted by Gasteiger charge is 2.46. The molecule has 50 heavy (non-hydrogen) atoms. The van der Waals surface area contributed by atoms with E-state index in [1.807, 2.05) is 66.7 Å². The number of para-hydroxylation sites is 2. The van der Waals surface area contributed by atoms with Gasteiger partial charge in [-0.2, -0.15) is 0 Å². The molecular formula is C46H31N3O. The van der Waals surface area contributed by atoms with Gasteiger partial charge in [-0.3, -0.25) is 4.98 Å². The molecule has 9 rings (SSSR count). The molecule has 8 aromatic rings. The van der Waals surface area contributed by atoms with E-state index in [4.69, 9.17) is 14.7 Å². The first-order chi connectivity index (χ1) is 24.8. The minimum Gasteiger partial charge on any atom is -0.457 e. The van der Waals surface area contributed by atoms with Crippen LogP contribution in [0.1, 0.15) is 22.3 Å². The standard InChI is InChI=1S/C46H31N3O/c1-3-16-32(17-4-1)45-48-41(31-42(49-45)40-26-13-14-29-47-40)34-19-15-18-33(30-34)36-22-7-8-23-37(36)46(35-20-5-2-6-21-35)38-24-9-11-27-43(38)50-44-28-12-10-25-39(44)46/h1-31H. The van der Waals surface area contributed by atoms with E-state index in [0.29, 0.717) is 5.82 Å². The fourth-order valence-electron chi connectivity index (χ4n) is 7.30. The van der Waals surface area contributed by atoms with Crippen molar-refractivity contribution in [1.82, 2.24) is 15.0 Å². The third kappa shape index (κ3) is 4.97. The summed E-state index contributed by atoms with van der Waals surface area (Å²) in [5, 5.41) is 0. The van der Waals surface area contributed by atoms with Gasteiger partial charge in [-0.1, -0.05) is 146 Å². The topological polar surface area (TPSA) is 47.9 Å². The lowest BCUT2D eigenvalue weighted by molar-refractivity contribution is 0.434. The first-order valence-corrected chi connectivity index (χ1v) is 16.8. The molecule has 1 aliphatic rings. The average molecular weight is 642 g/mol. The van der Waals surface area contributed by atoms with Crippen molar-refractivity contribution >= 4 is 0 Å². The Bertz CT molecular complexity index is 2360. The van der Waals surface area contributed by atoms with Gasteiger partial charge in [0.2, 0.25) is 0 Å². The van der Waals surface area contributed by atoms with Gasteiger partial charge in [0.1, 0.15) is 11.5 Å². The molecule has 3 heterocycles. The molecule has 2 aromatic heterocycles. The molecule has 0 saturated carbocycles. The van der Waals surface area contributed by atoms with Gasteiger partial charge < -0.3 is 4.74 Å². The van der Waals surface area contributed by atoms with Crippen LogP contribution in [0, 0.1) is 0 Å². The number of ether oxygens (including phenoxy) is 1. The smallest absolute Gasteiger partial charge is 0.160 e. The summed E-state index contributed by atoms with van der Waals surface area (Å²) in [6, 6.07) is 63.1. The number of pyridine rings is 1. The average Bonchev–Trinajstić information content (AvgIpc) is 3.21. The Balaban J connectivity index is 1.27. The number of hydrogen-bond acceptors (Lipinski definition) is 4. The monoisotopic (exact) mass is 641 g/mol. The highest BCUT2D eigenvalue weighted by Crippen LogP contribution is 2.56. The Hall–Kier alpha value is -6.65. The van der Waals surface area contributed by atoms with Crippen molar-refractivity contribution in [1.29, 1.82) is 0 Å². The Kier molecular flexibility index (Phi) is 7.33. The summed E-state index contributed by atoms with van der Waals surface area (Å²) in [4.78, 5) is 14.7. The van der Waals surface area contributed by atoms with Gasteiger partial charge in [-0.25, -0.2) is 9.97 Å². The molecule has 0 bridgehead atoms. The van der Waals surface area contributed by atoms with E-state index < -0.39 is 5.41 Å². The summed E-state index contributed by atoms with van der Waals surface area (Å²) in [6.07, 6.45) is 1.80. The molecule has 0 spiro atoms. The molecule has 1 aliphatic heterocycles. The van der Waals surface area contributed by atoms with Crippen molar-refractivity contribution in [3.63, 3.8) is 0 Å². The summed E-state index contributed by atoms with van der Waals surface area (Å²) in [6.45, 7) is 0. The molecule has 6 aromatic carbocycles. The molecule has 0 N–H and O–H groups in total. The van der Waals surface area contributed by atoms with E-state index in [1.54, 1.807) is 6.20 Å². The van der Waals surface area contributed by atoms with Crippen LogP contribution in [0.4, 0.5) is 0 Å². The zero-order valence-corrected chi connectivity index (χ0v) is 27.1. The van der Waals surface area contributed by atoms with Crippen LogP contribution in [0.5, 0.6) is 11.5 Å². The lowest BCUT2D eigenvalue weighted by atomic mass is 9.62. The predicted octanol–water partition coefficient (Wildman–Crippen LogP) is 11.0. The van der Waals surface area contributed by atoms with E-state index in [9.17, 15) is 0 Å². The third-order valence-electron chi connectivity index (χ3n) is 9.49. The van der Waals surface area contributed by atoms with E-state index >= 15 is 0 Å². The largest absolute Gasteiger partial charge is 0.457 e. The van der Waals surface area contributed by atoms with Crippen LogP contribution in [-0.2, 0) is 5.41 Å². The molecule has 0 unspecified atom stereocenters. The molecule has 0 aliphatic carbocycles. The zero-order valence-electron chi connectivity index (χ0n) is 27.1. The molecule has 0 saturated heterocycles. The van der Waals surface area contributed by atoms with Crippen molar-refractivity contribution < 1.29 is 4.74 Å². The van der Waals surface area contributed by atoms with E-state index in [2.05, 4.69) is 120 Å². The van der Waals surface area contributed by atoms with E-state index in [-0.39, 0.29) is 0 Å². The molecule has 0 atom stereocenters. The van der Waals surface area contributed by atoms with Crippen molar-refractivity contribution in [3.05, 3.63) is 210 Å². The van der Waals surface area contributed by atoms with Gasteiger partial charge in [-0.05, 0) is 58.7 Å². The summed E-state index contributed by atoms with van der Waals surface area (Å²) in [5.41, 5.74) is 10.5. The second-order valence-electron chi connectivity index (χ2n) is 12.4. The lowest BCUT2D eigenvalue weighted by Crippen LogP contribution is -2.34. The van der Waals surface area contributed by atoms with Gasteiger partial charge >= 0.3 is 0 Å². The number of aromatic nitrogens is 3. The van der Waals surface area contributed by atoms with Crippen molar-refractivity contribution in [2.75, 3.05) is 0 Å². The maximum atomic E-state index is 6.57. The number of benzene rings is 6. The maximum Gasteiger partial charge on any atom is 0.160 e. The van der Waals surface area contributed by atoms with Gasteiger partial charge in [0.25, 0.3) is 0 Å². The normalized spacial score (nSPS) is 12.7. The van der Waals surface area contributed by atoms with Gasteiger partial charge in [0.05, 0.1) is 22.5 Å². The number of nitrogens with zero attached hydrogens (tertiary/aromatic N) is 3. The lowest BCUT2D eigenvalue weighted by Gasteiger charge is -2.42. The second-order valence-corrected chi connectivity index (χ2v) is 12.4. The molecule has 0 fully saturated rings. The van der Waals surface area contributed by atoms with Crippen LogP contribution < -0.4 is 4.74 Å². The number of hydrogen-bond donors (Lipinski definition) is 0. The van der Waals surface area contributed by atoms with Crippen molar-refractivity contribution in [3.8, 4) is 56.7 Å². The Morgan fingerprint density at radius 2 is 0.980 bits per heavy atom. The third-order valence-corrected chi connectivity index (χ3v) is 9.49. The molecule has 0 amide bonds. The quantitative estimate of drug-likeness (QED) is 0.181. The first kappa shape index (κ1) is 29.5. The summed E-state index contributed by atoms with van der Waals surface area (Å²) in [7, 11) is 0. The maximum absolute atomic E-state index is 6.57. The zero-order chi connectivity index (χ0) is 33.3. The fourth-order valence-corrected chi connectivity index (χ4v) is 7.30. The van der Waals surface area contributed by atoms with Crippen molar-refractivity contribution in [2.24, 2.45) is 0 Å². The van der Waals surface area contributed by atoms with Gasteiger partial charge in [0, 0.05) is 28.5 Å². The van der Waals surface area contributed by atoms with E-state index in [0.717, 1.165) is 62.0 Å². The Morgan fingerprint density at radius 3 is 1.70 bits per heavy atom. The Labute approximate surface area is 291 Å². The van der Waals surface area contributed by atoms with Crippen LogP contribution in [0.15, 0.2) is 188 Å². The van der Waals surface area contributed by atoms with Crippen LogP contribution in [0.25, 0.3) is 45.2 Å². The minimum atomic E-state index is -0.638. The first-order valence-electron chi connectivity index (χ1n) is 16.8. The van der Waals surface area contributed by atoms with Crippen LogP contribution in [0.2, 0.25) is 0 Å². The molecule has 0 radical (unpaired) electrons. The molecule has 4 heteroatoms. The van der Waals surface area contributed by atoms with Crippen LogP contribution >= 0.6 is 0 Å². The van der Waals surface area contributed by atoms with Gasteiger partial charge in [-0.15, -0.1) is 0 Å². The molecular weight excluding hydrogens is 611 g/mol. The highest BCUT2D eigenvalue weighted by molar-refractivity contribution is 5.81. The second kappa shape index (κ2) is 12.4. The SMILES string of the molecule is c1ccc(-c2nc(-c3cccc(-c4ccccc4C4(c5ccccc5)c5ccccc5Oc5ccccc54)c3)cc(-c3ccccn3)n2)cc1. The number of rotatable bonds is 6.